The Hall–Kier alpha value is -1.20. The number of hydrogen-bond donors (Lipinski definition) is 1. The Morgan fingerprint density at radius 2 is 1.84 bits per heavy atom. The molecule has 0 aliphatic rings. The summed E-state index contributed by atoms with van der Waals surface area (Å²) in [6, 6.07) is 10.1. The van der Waals surface area contributed by atoms with E-state index in [1.54, 1.807) is 6.08 Å². The summed E-state index contributed by atoms with van der Waals surface area (Å²) in [7, 11) is 1.93. The Morgan fingerprint density at radius 1 is 1.16 bits per heavy atom. The van der Waals surface area contributed by atoms with E-state index in [2.05, 4.69) is 48.5 Å². The number of unbranched alkanes of at least 4 members (excludes halogenated alkanes) is 3. The number of nitrogens with zero attached hydrogens (tertiary/aromatic N) is 2. The molecule has 0 atom stereocenters. The summed E-state index contributed by atoms with van der Waals surface area (Å²) in [6.45, 7) is 4.83. The van der Waals surface area contributed by atoms with E-state index in [4.69, 9.17) is 0 Å². The van der Waals surface area contributed by atoms with Crippen molar-refractivity contribution < 1.29 is 4.99 Å². The van der Waals surface area contributed by atoms with Crippen molar-refractivity contribution in [2.45, 2.75) is 25.7 Å². The summed E-state index contributed by atoms with van der Waals surface area (Å²) in [5.74, 6) is 1.81. The number of allylic oxidation sites excluding steroid dienone is 3. The van der Waals surface area contributed by atoms with Crippen LogP contribution < -0.4 is 10.0 Å². The molecule has 0 heterocycles. The quantitative estimate of drug-likeness (QED) is 0.168. The highest BCUT2D eigenvalue weighted by atomic mass is 79.9. The van der Waals surface area contributed by atoms with Crippen LogP contribution in [0.25, 0.3) is 0 Å². The minimum atomic E-state index is 0.972. The molecule has 0 unspecified atom stereocenters. The summed E-state index contributed by atoms with van der Waals surface area (Å²) >= 11 is 6.39. The van der Waals surface area contributed by atoms with E-state index >= 15 is 0 Å². The van der Waals surface area contributed by atoms with Gasteiger partial charge in [0.1, 0.15) is 6.54 Å². The van der Waals surface area contributed by atoms with E-state index < -0.39 is 0 Å². The van der Waals surface area contributed by atoms with Gasteiger partial charge in [-0.05, 0) is 36.4 Å². The van der Waals surface area contributed by atoms with Gasteiger partial charge in [0, 0.05) is 24.9 Å². The number of rotatable bonds is 11. The molecule has 5 heteroatoms. The number of alkyl halides is 2. The first-order chi connectivity index (χ1) is 12.3. The second-order valence-electron chi connectivity index (χ2n) is 5.20. The fourth-order valence-corrected chi connectivity index (χ4v) is 2.34. The van der Waals surface area contributed by atoms with E-state index in [0.717, 1.165) is 23.1 Å². The molecule has 25 heavy (non-hydrogen) atoms. The minimum absolute atomic E-state index is 0.972. The van der Waals surface area contributed by atoms with Gasteiger partial charge < -0.3 is 0 Å². The first kappa shape index (κ1) is 23.8. The molecule has 1 aromatic carbocycles. The van der Waals surface area contributed by atoms with Crippen LogP contribution in [0.4, 0.5) is 5.69 Å². The van der Waals surface area contributed by atoms with E-state index in [9.17, 15) is 0 Å². The molecule has 0 aliphatic carbocycles. The maximum atomic E-state index is 4.43. The fraction of sp³-hybridized carbons (Fsp3) is 0.400. The summed E-state index contributed by atoms with van der Waals surface area (Å²) in [4.78, 5) is 3.31. The monoisotopic (exact) mass is 470 g/mol. The number of nitrogens with one attached hydrogen (secondary N) is 1. The van der Waals surface area contributed by atoms with Crippen LogP contribution in [-0.4, -0.2) is 37.2 Å². The molecule has 0 bridgehead atoms. The molecule has 0 spiro atoms. The first-order valence-electron chi connectivity index (χ1n) is 8.43. The SMILES string of the molecule is C=CC(/C=N/N(C)c1ccccc1)=C\C=[NH+]CCCCCCBr.CBr. The van der Waals surface area contributed by atoms with Gasteiger partial charge in [-0.3, -0.25) is 5.01 Å². The third-order valence-electron chi connectivity index (χ3n) is 3.34. The van der Waals surface area contributed by atoms with E-state index in [1.807, 2.05) is 66.7 Å². The van der Waals surface area contributed by atoms with Gasteiger partial charge in [-0.25, -0.2) is 4.99 Å². The highest BCUT2D eigenvalue weighted by Gasteiger charge is 1.95. The smallest absolute Gasteiger partial charge is 0.162 e. The average molecular weight is 472 g/mol. The van der Waals surface area contributed by atoms with Crippen LogP contribution in [0.2, 0.25) is 0 Å². The molecular weight excluding hydrogens is 442 g/mol. The maximum Gasteiger partial charge on any atom is 0.162 e. The molecule has 0 saturated carbocycles. The number of anilines is 1. The van der Waals surface area contributed by atoms with Crippen LogP contribution in [0.1, 0.15) is 25.7 Å². The lowest BCUT2D eigenvalue weighted by Gasteiger charge is -2.11. The molecule has 3 nitrogen and oxygen atoms in total. The Kier molecular flexibility index (Phi) is 16.8. The molecule has 0 aliphatic heterocycles. The van der Waals surface area contributed by atoms with Crippen LogP contribution in [-0.2, 0) is 0 Å². The third-order valence-corrected chi connectivity index (χ3v) is 3.90. The molecule has 0 amide bonds. The average Bonchev–Trinajstić information content (AvgIpc) is 2.68. The van der Waals surface area contributed by atoms with Gasteiger partial charge in [0.25, 0.3) is 0 Å². The van der Waals surface area contributed by atoms with Crippen LogP contribution in [0.3, 0.4) is 0 Å². The molecule has 0 saturated heterocycles. The Bertz CT molecular complexity index is 525. The van der Waals surface area contributed by atoms with Crippen LogP contribution >= 0.6 is 31.9 Å². The highest BCUT2D eigenvalue weighted by molar-refractivity contribution is 9.09. The number of halogens is 2. The first-order valence-corrected chi connectivity index (χ1v) is 11.1. The number of benzene rings is 1. The topological polar surface area (TPSA) is 29.6 Å². The van der Waals surface area contributed by atoms with Gasteiger partial charge in [-0.15, -0.1) is 0 Å². The normalized spacial score (nSPS) is 11.4. The van der Waals surface area contributed by atoms with Gasteiger partial charge in [-0.1, -0.05) is 69.1 Å². The molecule has 0 radical (unpaired) electrons. The summed E-state index contributed by atoms with van der Waals surface area (Å²) in [6.07, 6.45) is 12.6. The van der Waals surface area contributed by atoms with Gasteiger partial charge >= 0.3 is 0 Å². The lowest BCUT2D eigenvalue weighted by molar-refractivity contribution is -0.451. The van der Waals surface area contributed by atoms with Crippen molar-refractivity contribution in [2.24, 2.45) is 5.10 Å². The lowest BCUT2D eigenvalue weighted by Crippen LogP contribution is -2.68. The second kappa shape index (κ2) is 17.6. The number of hydrogen-bond acceptors (Lipinski definition) is 2. The van der Waals surface area contributed by atoms with Crippen LogP contribution in [0.5, 0.6) is 0 Å². The Balaban J connectivity index is 0.00000277. The standard InChI is InChI=1S/C19H26BrN3.CH3Br/c1-3-18(13-16-21-15-10-5-4-9-14-20)17-22-23(2)19-11-7-6-8-12-19;1-2/h3,6-8,11-13,16-17H,1,4-5,9-10,14-15H2,2H3;1H3/p+1/b18-13+,21-16?,22-17+;. The molecule has 0 aromatic heterocycles. The largest absolute Gasteiger partial charge is 0.269 e. The zero-order chi connectivity index (χ0) is 18.8. The zero-order valence-electron chi connectivity index (χ0n) is 15.3. The van der Waals surface area contributed by atoms with Crippen LogP contribution in [0, 0.1) is 0 Å². The summed E-state index contributed by atoms with van der Waals surface area (Å²) in [5, 5.41) is 7.38. The van der Waals surface area contributed by atoms with Crippen molar-refractivity contribution in [2.75, 3.05) is 29.8 Å². The highest BCUT2D eigenvalue weighted by Crippen LogP contribution is 2.10. The third kappa shape index (κ3) is 12.8. The van der Waals surface area contributed by atoms with E-state index in [1.165, 1.54) is 25.7 Å². The molecule has 1 rings (SSSR count). The van der Waals surface area contributed by atoms with Gasteiger partial charge in [-0.2, -0.15) is 5.10 Å². The van der Waals surface area contributed by atoms with Gasteiger partial charge in [0.2, 0.25) is 0 Å². The Morgan fingerprint density at radius 3 is 2.48 bits per heavy atom. The van der Waals surface area contributed by atoms with Crippen LogP contribution in [0.15, 0.2) is 59.7 Å². The molecule has 0 fully saturated rings. The van der Waals surface area contributed by atoms with Crippen molar-refractivity contribution in [1.29, 1.82) is 0 Å². The van der Waals surface area contributed by atoms with Gasteiger partial charge in [0.15, 0.2) is 6.21 Å². The number of hydrazone groups is 1. The predicted octanol–water partition coefficient (Wildman–Crippen LogP) is 4.34. The lowest BCUT2D eigenvalue weighted by atomic mass is 10.2. The Labute approximate surface area is 169 Å². The zero-order valence-corrected chi connectivity index (χ0v) is 18.5. The van der Waals surface area contributed by atoms with Gasteiger partial charge in [0.05, 0.1) is 11.9 Å². The van der Waals surface area contributed by atoms with Crippen molar-refractivity contribution >= 4 is 50.0 Å². The predicted molar refractivity (Wildman–Crippen MR) is 121 cm³/mol. The molecular formula is C20H30Br2N3+. The fourth-order valence-electron chi connectivity index (χ4n) is 1.94. The molecule has 1 aromatic rings. The van der Waals surface area contributed by atoms with Crippen molar-refractivity contribution in [3.05, 3.63) is 54.6 Å². The summed E-state index contributed by atoms with van der Waals surface area (Å²) in [5.41, 5.74) is 2.03. The maximum absolute atomic E-state index is 4.43. The van der Waals surface area contributed by atoms with E-state index in [-0.39, 0.29) is 0 Å². The summed E-state index contributed by atoms with van der Waals surface area (Å²) < 4.78 is 0. The molecule has 138 valence electrons. The number of para-hydroxylation sites is 1. The van der Waals surface area contributed by atoms with E-state index in [0.29, 0.717) is 0 Å². The minimum Gasteiger partial charge on any atom is -0.269 e. The molecule has 1 N–H and O–H groups in total. The van der Waals surface area contributed by atoms with Crippen molar-refractivity contribution in [3.8, 4) is 0 Å². The van der Waals surface area contributed by atoms with Crippen molar-refractivity contribution in [1.82, 2.24) is 0 Å². The van der Waals surface area contributed by atoms with Crippen molar-refractivity contribution in [3.63, 3.8) is 0 Å². The second-order valence-corrected chi connectivity index (χ2v) is 5.99.